The van der Waals surface area contributed by atoms with E-state index in [1.54, 1.807) is 18.5 Å². The Bertz CT molecular complexity index is 418. The van der Waals surface area contributed by atoms with Crippen LogP contribution in [0.3, 0.4) is 0 Å². The number of hydrogen-bond acceptors (Lipinski definition) is 4. The first-order valence-corrected chi connectivity index (χ1v) is 5.47. The molecule has 0 aliphatic rings. The largest absolute Gasteiger partial charge is 0.316 e. The van der Waals surface area contributed by atoms with Gasteiger partial charge in [-0.1, -0.05) is 18.2 Å². The molecule has 2 aromatic rings. The predicted octanol–water partition coefficient (Wildman–Crippen LogP) is 2.80. The van der Waals surface area contributed by atoms with Crippen LogP contribution in [0.5, 0.6) is 0 Å². The van der Waals surface area contributed by atoms with E-state index in [-0.39, 0.29) is 5.24 Å². The van der Waals surface area contributed by atoms with E-state index < -0.39 is 0 Å². The molecular formula is C11H9N3OS. The third-order valence-corrected chi connectivity index (χ3v) is 2.43. The molecule has 0 bridgehead atoms. The lowest BCUT2D eigenvalue weighted by molar-refractivity contribution is 0.269. The molecule has 0 radical (unpaired) electrons. The van der Waals surface area contributed by atoms with Gasteiger partial charge in [0.25, 0.3) is 5.24 Å². The van der Waals surface area contributed by atoms with Gasteiger partial charge in [-0.2, -0.15) is 0 Å². The first kappa shape index (κ1) is 10.6. The Labute approximate surface area is 97.1 Å². The normalized spacial score (nSPS) is 9.75. The Hall–Kier alpha value is -1.88. The number of carbonyl (C=O) groups is 1. The molecule has 5 heteroatoms. The SMILES string of the molecule is O=C(Nc1ccccc1)Sc1ncccn1. The third-order valence-electron chi connectivity index (χ3n) is 1.75. The van der Waals surface area contributed by atoms with E-state index in [9.17, 15) is 4.79 Å². The molecule has 1 N–H and O–H groups in total. The Morgan fingerprint density at radius 3 is 2.44 bits per heavy atom. The van der Waals surface area contributed by atoms with Gasteiger partial charge in [0.15, 0.2) is 5.16 Å². The number of carbonyl (C=O) groups excluding carboxylic acids is 1. The molecule has 4 nitrogen and oxygen atoms in total. The number of nitrogens with zero attached hydrogens (tertiary/aromatic N) is 2. The van der Waals surface area contributed by atoms with E-state index in [1.807, 2.05) is 30.3 Å². The van der Waals surface area contributed by atoms with Crippen molar-refractivity contribution in [2.45, 2.75) is 5.16 Å². The van der Waals surface area contributed by atoms with Crippen molar-refractivity contribution in [1.82, 2.24) is 9.97 Å². The van der Waals surface area contributed by atoms with E-state index in [1.165, 1.54) is 0 Å². The molecule has 1 heterocycles. The summed E-state index contributed by atoms with van der Waals surface area (Å²) in [6.07, 6.45) is 3.20. The Kier molecular flexibility index (Phi) is 3.50. The number of anilines is 1. The van der Waals surface area contributed by atoms with Crippen LogP contribution in [-0.2, 0) is 0 Å². The van der Waals surface area contributed by atoms with Crippen molar-refractivity contribution in [3.8, 4) is 0 Å². The van der Waals surface area contributed by atoms with E-state index in [0.29, 0.717) is 5.16 Å². The van der Waals surface area contributed by atoms with Crippen molar-refractivity contribution >= 4 is 22.7 Å². The van der Waals surface area contributed by atoms with Gasteiger partial charge >= 0.3 is 0 Å². The molecule has 1 amide bonds. The van der Waals surface area contributed by atoms with Crippen LogP contribution in [0.25, 0.3) is 0 Å². The van der Waals surface area contributed by atoms with Crippen LogP contribution in [0.4, 0.5) is 10.5 Å². The van der Waals surface area contributed by atoms with Gasteiger partial charge in [-0.15, -0.1) is 0 Å². The monoisotopic (exact) mass is 231 g/mol. The second kappa shape index (κ2) is 5.27. The summed E-state index contributed by atoms with van der Waals surface area (Å²) in [6, 6.07) is 11.0. The maximum Gasteiger partial charge on any atom is 0.291 e. The van der Waals surface area contributed by atoms with Crippen LogP contribution in [-0.4, -0.2) is 15.2 Å². The Morgan fingerprint density at radius 1 is 1.06 bits per heavy atom. The van der Waals surface area contributed by atoms with E-state index in [0.717, 1.165) is 17.4 Å². The number of rotatable bonds is 2. The first-order chi connectivity index (χ1) is 7.84. The molecule has 0 atom stereocenters. The van der Waals surface area contributed by atoms with Crippen LogP contribution < -0.4 is 5.32 Å². The third kappa shape index (κ3) is 3.06. The van der Waals surface area contributed by atoms with Crippen molar-refractivity contribution in [3.05, 3.63) is 48.8 Å². The molecule has 0 aliphatic heterocycles. The van der Waals surface area contributed by atoms with E-state index in [4.69, 9.17) is 0 Å². The number of amides is 1. The van der Waals surface area contributed by atoms with Gasteiger partial charge in [0, 0.05) is 29.8 Å². The molecule has 0 aliphatic carbocycles. The maximum absolute atomic E-state index is 11.6. The van der Waals surface area contributed by atoms with Gasteiger partial charge in [-0.05, 0) is 18.2 Å². The minimum absolute atomic E-state index is 0.197. The van der Waals surface area contributed by atoms with Crippen LogP contribution in [0.1, 0.15) is 0 Å². The fraction of sp³-hybridized carbons (Fsp3) is 0. The van der Waals surface area contributed by atoms with Gasteiger partial charge in [0.05, 0.1) is 0 Å². The fourth-order valence-corrected chi connectivity index (χ4v) is 1.65. The molecule has 0 saturated heterocycles. The number of benzene rings is 1. The molecule has 0 spiro atoms. The lowest BCUT2D eigenvalue weighted by Crippen LogP contribution is -2.05. The zero-order chi connectivity index (χ0) is 11.2. The minimum atomic E-state index is -0.197. The maximum atomic E-state index is 11.6. The summed E-state index contributed by atoms with van der Waals surface area (Å²) in [7, 11) is 0. The number of aromatic nitrogens is 2. The van der Waals surface area contributed by atoms with Crippen LogP contribution in [0.15, 0.2) is 53.9 Å². The topological polar surface area (TPSA) is 54.9 Å². The lowest BCUT2D eigenvalue weighted by Gasteiger charge is -2.02. The Balaban J connectivity index is 1.95. The smallest absolute Gasteiger partial charge is 0.291 e. The number of thioether (sulfide) groups is 1. The molecule has 1 aromatic carbocycles. The lowest BCUT2D eigenvalue weighted by atomic mass is 10.3. The summed E-state index contributed by atoms with van der Waals surface area (Å²) in [5, 5.41) is 2.98. The zero-order valence-electron chi connectivity index (χ0n) is 8.33. The summed E-state index contributed by atoms with van der Waals surface area (Å²) < 4.78 is 0. The molecule has 16 heavy (non-hydrogen) atoms. The molecule has 2 rings (SSSR count). The molecule has 0 saturated carbocycles. The van der Waals surface area contributed by atoms with E-state index >= 15 is 0 Å². The van der Waals surface area contributed by atoms with Gasteiger partial charge in [0.2, 0.25) is 0 Å². The summed E-state index contributed by atoms with van der Waals surface area (Å²) >= 11 is 0.966. The minimum Gasteiger partial charge on any atom is -0.316 e. The van der Waals surface area contributed by atoms with E-state index in [2.05, 4.69) is 15.3 Å². The van der Waals surface area contributed by atoms with Gasteiger partial charge < -0.3 is 5.32 Å². The van der Waals surface area contributed by atoms with Crippen molar-refractivity contribution in [2.24, 2.45) is 0 Å². The summed E-state index contributed by atoms with van der Waals surface area (Å²) in [4.78, 5) is 19.5. The molecule has 80 valence electrons. The first-order valence-electron chi connectivity index (χ1n) is 4.65. The van der Waals surface area contributed by atoms with Crippen molar-refractivity contribution < 1.29 is 4.79 Å². The predicted molar refractivity (Wildman–Crippen MR) is 63.3 cm³/mol. The van der Waals surface area contributed by atoms with Crippen molar-refractivity contribution in [1.29, 1.82) is 0 Å². The number of nitrogens with one attached hydrogen (secondary N) is 1. The fourth-order valence-electron chi connectivity index (χ4n) is 1.09. The average Bonchev–Trinajstić information content (AvgIpc) is 2.31. The highest BCUT2D eigenvalue weighted by Crippen LogP contribution is 2.15. The molecule has 0 unspecified atom stereocenters. The Morgan fingerprint density at radius 2 is 1.75 bits per heavy atom. The zero-order valence-corrected chi connectivity index (χ0v) is 9.15. The molecule has 0 fully saturated rings. The second-order valence-electron chi connectivity index (χ2n) is 2.91. The van der Waals surface area contributed by atoms with Crippen LogP contribution in [0.2, 0.25) is 0 Å². The molecule has 1 aromatic heterocycles. The van der Waals surface area contributed by atoms with Gasteiger partial charge in [-0.25, -0.2) is 9.97 Å². The highest BCUT2D eigenvalue weighted by atomic mass is 32.2. The number of para-hydroxylation sites is 1. The highest BCUT2D eigenvalue weighted by Gasteiger charge is 2.06. The quantitative estimate of drug-likeness (QED) is 0.637. The van der Waals surface area contributed by atoms with Crippen LogP contribution in [0, 0.1) is 0 Å². The van der Waals surface area contributed by atoms with Crippen molar-refractivity contribution in [3.63, 3.8) is 0 Å². The van der Waals surface area contributed by atoms with Gasteiger partial charge in [0.1, 0.15) is 0 Å². The summed E-state index contributed by atoms with van der Waals surface area (Å²) in [5.41, 5.74) is 0.760. The van der Waals surface area contributed by atoms with Crippen molar-refractivity contribution in [2.75, 3.05) is 5.32 Å². The van der Waals surface area contributed by atoms with Crippen LogP contribution >= 0.6 is 11.8 Å². The number of hydrogen-bond donors (Lipinski definition) is 1. The van der Waals surface area contributed by atoms with Gasteiger partial charge in [-0.3, -0.25) is 4.79 Å². The average molecular weight is 231 g/mol. The summed E-state index contributed by atoms with van der Waals surface area (Å²) in [5.74, 6) is 0. The summed E-state index contributed by atoms with van der Waals surface area (Å²) in [6.45, 7) is 0. The standard InChI is InChI=1S/C11H9N3OS/c15-11(14-9-5-2-1-3-6-9)16-10-12-7-4-8-13-10/h1-8H,(H,14,15). The molecular weight excluding hydrogens is 222 g/mol. The highest BCUT2D eigenvalue weighted by molar-refractivity contribution is 8.13. The second-order valence-corrected chi connectivity index (χ2v) is 3.85.